The monoisotopic (exact) mass is 596 g/mol. The van der Waals surface area contributed by atoms with Crippen LogP contribution in [0.4, 0.5) is 10.5 Å². The number of primary amides is 1. The topological polar surface area (TPSA) is 202 Å². The average molecular weight is 597 g/mol. The van der Waals surface area contributed by atoms with E-state index in [1.54, 1.807) is 30.5 Å². The summed E-state index contributed by atoms with van der Waals surface area (Å²) >= 11 is 0. The normalized spacial score (nSPS) is 14.2. The zero-order valence-corrected chi connectivity index (χ0v) is 24.5. The predicted octanol–water partition coefficient (Wildman–Crippen LogP) is 1.70. The first-order valence-electron chi connectivity index (χ1n) is 14.4. The highest BCUT2D eigenvalue weighted by Crippen LogP contribution is 2.23. The van der Waals surface area contributed by atoms with E-state index in [9.17, 15) is 29.1 Å². The summed E-state index contributed by atoms with van der Waals surface area (Å²) in [5, 5.41) is 26.1. The van der Waals surface area contributed by atoms with E-state index in [0.717, 1.165) is 0 Å². The van der Waals surface area contributed by atoms with Crippen molar-refractivity contribution in [3.05, 3.63) is 53.9 Å². The number of hydrogen-bond donors (Lipinski definition) is 5. The summed E-state index contributed by atoms with van der Waals surface area (Å²) in [7, 11) is 0. The van der Waals surface area contributed by atoms with Gasteiger partial charge in [0.25, 0.3) is 11.8 Å². The minimum absolute atomic E-state index is 0.0223. The largest absolute Gasteiger partial charge is 0.392 e. The van der Waals surface area contributed by atoms with Crippen molar-refractivity contribution in [2.24, 2.45) is 11.7 Å². The molecule has 0 saturated heterocycles. The van der Waals surface area contributed by atoms with Crippen LogP contribution in [0, 0.1) is 5.92 Å². The number of benzene rings is 1. The number of rotatable bonds is 17. The second-order valence-corrected chi connectivity index (χ2v) is 10.7. The molecule has 0 saturated carbocycles. The number of aliphatic hydroxyl groups excluding tert-OH is 1. The number of aliphatic hydroxyl groups is 1. The lowest BCUT2D eigenvalue weighted by Gasteiger charge is -2.20. The molecule has 1 aliphatic rings. The summed E-state index contributed by atoms with van der Waals surface area (Å²) in [4.78, 5) is 61.6. The fraction of sp³-hybridized carbons (Fsp3) is 0.483. The summed E-state index contributed by atoms with van der Waals surface area (Å²) in [5.41, 5.74) is 6.91. The van der Waals surface area contributed by atoms with Gasteiger partial charge < -0.3 is 26.8 Å². The van der Waals surface area contributed by atoms with Gasteiger partial charge in [0.15, 0.2) is 0 Å². The number of carbonyl (C=O) groups excluding carboxylic acids is 5. The Bertz CT molecular complexity index is 1290. The van der Waals surface area contributed by atoms with Gasteiger partial charge in [-0.1, -0.05) is 37.6 Å². The Morgan fingerprint density at radius 3 is 2.33 bits per heavy atom. The number of urea groups is 1. The highest BCUT2D eigenvalue weighted by Gasteiger charge is 2.27. The van der Waals surface area contributed by atoms with Crippen molar-refractivity contribution in [1.29, 1.82) is 0 Å². The molecule has 2 aromatic rings. The molecule has 2 atom stereocenters. The second kappa shape index (κ2) is 16.2. The minimum Gasteiger partial charge on any atom is -0.392 e. The summed E-state index contributed by atoms with van der Waals surface area (Å²) in [6, 6.07) is 4.93. The van der Waals surface area contributed by atoms with Crippen molar-refractivity contribution in [1.82, 2.24) is 30.5 Å². The number of hydrogen-bond acceptors (Lipinski definition) is 8. The number of unbranched alkanes of at least 4 members (excludes halogenated alkanes) is 2. The van der Waals surface area contributed by atoms with Crippen LogP contribution in [0.15, 0.2) is 42.6 Å². The molecule has 0 spiro atoms. The van der Waals surface area contributed by atoms with Crippen molar-refractivity contribution in [3.8, 4) is 0 Å². The van der Waals surface area contributed by atoms with E-state index in [0.29, 0.717) is 55.6 Å². The number of nitrogens with one attached hydrogen (secondary N) is 3. The summed E-state index contributed by atoms with van der Waals surface area (Å²) in [5.74, 6) is -1.15. The molecule has 1 aromatic heterocycles. The Hall–Kier alpha value is -4.59. The zero-order valence-electron chi connectivity index (χ0n) is 24.5. The van der Waals surface area contributed by atoms with Crippen molar-refractivity contribution in [3.63, 3.8) is 0 Å². The van der Waals surface area contributed by atoms with Crippen LogP contribution in [0.5, 0.6) is 0 Å². The fourth-order valence-electron chi connectivity index (χ4n) is 4.61. The van der Waals surface area contributed by atoms with Crippen molar-refractivity contribution in [2.45, 2.75) is 71.1 Å². The van der Waals surface area contributed by atoms with E-state index in [2.05, 4.69) is 26.3 Å². The third-order valence-corrected chi connectivity index (χ3v) is 7.00. The van der Waals surface area contributed by atoms with Crippen LogP contribution in [-0.2, 0) is 25.8 Å². The molecule has 0 aliphatic carbocycles. The SMILES string of the molecule is CC(C)[C@H](NC(=O)CCCCCN1C(=O)C=CC1=O)c1cn([C@@H](CCCNC(N)=O)C(=O)Nc2ccc(CO)cc2)nn1. The lowest BCUT2D eigenvalue weighted by atomic mass is 10.0. The van der Waals surface area contributed by atoms with Crippen LogP contribution in [-0.4, -0.2) is 67.7 Å². The number of anilines is 1. The van der Waals surface area contributed by atoms with Gasteiger partial charge in [-0.3, -0.25) is 24.1 Å². The quantitative estimate of drug-likeness (QED) is 0.134. The van der Waals surface area contributed by atoms with Gasteiger partial charge in [-0.05, 0) is 49.3 Å². The lowest BCUT2D eigenvalue weighted by molar-refractivity contribution is -0.137. The van der Waals surface area contributed by atoms with E-state index in [-0.39, 0.29) is 49.1 Å². The molecule has 1 aliphatic heterocycles. The molecule has 0 fully saturated rings. The van der Waals surface area contributed by atoms with Gasteiger partial charge in [0.1, 0.15) is 11.7 Å². The maximum absolute atomic E-state index is 13.3. The minimum atomic E-state index is -0.762. The maximum atomic E-state index is 13.3. The molecule has 2 heterocycles. The second-order valence-electron chi connectivity index (χ2n) is 10.7. The third-order valence-electron chi connectivity index (χ3n) is 7.00. The van der Waals surface area contributed by atoms with E-state index in [1.165, 1.54) is 21.7 Å². The summed E-state index contributed by atoms with van der Waals surface area (Å²) in [6.45, 7) is 4.37. The van der Waals surface area contributed by atoms with Gasteiger partial charge >= 0.3 is 6.03 Å². The molecular formula is C29H40N8O6. The molecule has 6 N–H and O–H groups in total. The average Bonchev–Trinajstić information content (AvgIpc) is 3.57. The molecule has 1 aromatic carbocycles. The highest BCUT2D eigenvalue weighted by atomic mass is 16.3. The summed E-state index contributed by atoms with van der Waals surface area (Å²) < 4.78 is 1.45. The first kappa shape index (κ1) is 32.9. The number of aromatic nitrogens is 3. The number of carbonyl (C=O) groups is 5. The smallest absolute Gasteiger partial charge is 0.312 e. The Balaban J connectivity index is 1.60. The molecule has 14 heteroatoms. The third kappa shape index (κ3) is 10.0. The van der Waals surface area contributed by atoms with Gasteiger partial charge in [0.05, 0.1) is 18.8 Å². The van der Waals surface area contributed by atoms with E-state index >= 15 is 0 Å². The standard InChI is InChI=1S/C29H40N8O6/c1-19(2)27(33-24(39)8-4-3-5-16-36-25(40)13-14-26(36)41)22-17-37(35-34-22)23(7-6-15-31-29(30)43)28(42)32-21-11-9-20(18-38)10-12-21/h9-14,17,19,23,27,38H,3-8,15-16,18H2,1-2H3,(H,32,42)(H,33,39)(H3,30,31,43)/t23-,27-/m0/s1. The first-order chi connectivity index (χ1) is 20.6. The molecular weight excluding hydrogens is 556 g/mol. The molecule has 232 valence electrons. The number of nitrogens with zero attached hydrogens (tertiary/aromatic N) is 4. The van der Waals surface area contributed by atoms with Crippen LogP contribution in [0.1, 0.15) is 75.7 Å². The number of amides is 6. The van der Waals surface area contributed by atoms with Gasteiger partial charge in [0.2, 0.25) is 11.8 Å². The molecule has 0 radical (unpaired) electrons. The van der Waals surface area contributed by atoms with Crippen LogP contribution >= 0.6 is 0 Å². The zero-order chi connectivity index (χ0) is 31.4. The van der Waals surface area contributed by atoms with Gasteiger partial charge in [-0.25, -0.2) is 9.48 Å². The molecule has 0 unspecified atom stereocenters. The maximum Gasteiger partial charge on any atom is 0.312 e. The molecule has 43 heavy (non-hydrogen) atoms. The van der Waals surface area contributed by atoms with E-state index < -0.39 is 18.1 Å². The van der Waals surface area contributed by atoms with Crippen molar-refractivity contribution in [2.75, 3.05) is 18.4 Å². The van der Waals surface area contributed by atoms with Gasteiger partial charge in [0, 0.05) is 37.3 Å². The number of imide groups is 1. The number of nitrogens with two attached hydrogens (primary N) is 1. The van der Waals surface area contributed by atoms with Crippen LogP contribution in [0.25, 0.3) is 0 Å². The summed E-state index contributed by atoms with van der Waals surface area (Å²) in [6.07, 6.45) is 7.07. The highest BCUT2D eigenvalue weighted by molar-refractivity contribution is 6.12. The van der Waals surface area contributed by atoms with Crippen LogP contribution in [0.2, 0.25) is 0 Å². The van der Waals surface area contributed by atoms with Crippen molar-refractivity contribution < 1.29 is 29.1 Å². The molecule has 0 bridgehead atoms. The van der Waals surface area contributed by atoms with Crippen molar-refractivity contribution >= 4 is 35.3 Å². The molecule has 14 nitrogen and oxygen atoms in total. The Morgan fingerprint density at radius 1 is 1.00 bits per heavy atom. The van der Waals surface area contributed by atoms with E-state index in [1.807, 2.05) is 13.8 Å². The van der Waals surface area contributed by atoms with Crippen LogP contribution in [0.3, 0.4) is 0 Å². The van der Waals surface area contributed by atoms with E-state index in [4.69, 9.17) is 5.73 Å². The Morgan fingerprint density at radius 2 is 1.70 bits per heavy atom. The fourth-order valence-corrected chi connectivity index (χ4v) is 4.61. The van der Waals surface area contributed by atoms with Crippen LogP contribution < -0.4 is 21.7 Å². The van der Waals surface area contributed by atoms with Gasteiger partial charge in [-0.15, -0.1) is 5.10 Å². The Kier molecular flexibility index (Phi) is 12.4. The predicted molar refractivity (Wildman–Crippen MR) is 157 cm³/mol. The molecule has 3 rings (SSSR count). The lowest BCUT2D eigenvalue weighted by Crippen LogP contribution is -2.32. The molecule has 6 amide bonds. The first-order valence-corrected chi connectivity index (χ1v) is 14.4. The van der Waals surface area contributed by atoms with Gasteiger partial charge in [-0.2, -0.15) is 0 Å². The Labute approximate surface area is 250 Å².